The van der Waals surface area contributed by atoms with E-state index in [9.17, 15) is 14.0 Å². The SMILES string of the molecule is CC(=O)N(CC(=O)NCCc1ccc(F)cc1)c1ccc(N2CCCCC2)cc1. The summed E-state index contributed by atoms with van der Waals surface area (Å²) < 4.78 is 12.9. The standard InChI is InChI=1S/C23H28FN3O2/c1-18(28)27(17-23(29)25-14-13-19-5-7-20(24)8-6-19)22-11-9-21(10-12-22)26-15-3-2-4-16-26/h5-12H,2-4,13-17H2,1H3,(H,25,29). The van der Waals surface area contributed by atoms with Gasteiger partial charge in [-0.05, 0) is 67.6 Å². The minimum atomic E-state index is -0.277. The molecule has 1 saturated heterocycles. The van der Waals surface area contributed by atoms with Crippen LogP contribution in [0.2, 0.25) is 0 Å². The van der Waals surface area contributed by atoms with Crippen molar-refractivity contribution in [3.05, 3.63) is 59.9 Å². The molecule has 5 nitrogen and oxygen atoms in total. The quantitative estimate of drug-likeness (QED) is 0.778. The monoisotopic (exact) mass is 397 g/mol. The summed E-state index contributed by atoms with van der Waals surface area (Å²) in [6, 6.07) is 14.0. The van der Waals surface area contributed by atoms with Crippen LogP contribution >= 0.6 is 0 Å². The van der Waals surface area contributed by atoms with E-state index in [1.165, 1.54) is 43.2 Å². The number of carbonyl (C=O) groups is 2. The number of carbonyl (C=O) groups excluding carboxylic acids is 2. The minimum absolute atomic E-state index is 0.0260. The Morgan fingerprint density at radius 2 is 1.66 bits per heavy atom. The molecule has 0 saturated carbocycles. The molecule has 29 heavy (non-hydrogen) atoms. The third kappa shape index (κ3) is 6.04. The number of benzene rings is 2. The lowest BCUT2D eigenvalue weighted by molar-refractivity contribution is -0.123. The lowest BCUT2D eigenvalue weighted by Gasteiger charge is -2.29. The third-order valence-corrected chi connectivity index (χ3v) is 5.21. The molecule has 1 heterocycles. The van der Waals surface area contributed by atoms with E-state index >= 15 is 0 Å². The molecule has 0 spiro atoms. The Bertz CT molecular complexity index is 815. The van der Waals surface area contributed by atoms with Gasteiger partial charge in [-0.3, -0.25) is 9.59 Å². The van der Waals surface area contributed by atoms with Crippen LogP contribution in [-0.4, -0.2) is 38.0 Å². The molecule has 0 aliphatic carbocycles. The van der Waals surface area contributed by atoms with Crippen molar-refractivity contribution in [1.29, 1.82) is 0 Å². The van der Waals surface area contributed by atoms with Gasteiger partial charge in [0.05, 0.1) is 0 Å². The summed E-state index contributed by atoms with van der Waals surface area (Å²) in [6.45, 7) is 3.99. The summed E-state index contributed by atoms with van der Waals surface area (Å²) in [5.74, 6) is -0.673. The summed E-state index contributed by atoms with van der Waals surface area (Å²) in [4.78, 5) is 28.2. The first-order valence-corrected chi connectivity index (χ1v) is 10.2. The average molecular weight is 397 g/mol. The van der Waals surface area contributed by atoms with Crippen molar-refractivity contribution in [2.45, 2.75) is 32.6 Å². The van der Waals surface area contributed by atoms with Crippen LogP contribution in [0.5, 0.6) is 0 Å². The second-order valence-corrected chi connectivity index (χ2v) is 7.40. The molecule has 6 heteroatoms. The number of halogens is 1. The molecular weight excluding hydrogens is 369 g/mol. The molecule has 1 fully saturated rings. The summed E-state index contributed by atoms with van der Waals surface area (Å²) >= 11 is 0. The molecule has 2 aromatic rings. The van der Waals surface area contributed by atoms with Gasteiger partial charge in [0, 0.05) is 37.9 Å². The Labute approximate surface area is 171 Å². The van der Waals surface area contributed by atoms with E-state index < -0.39 is 0 Å². The van der Waals surface area contributed by atoms with Crippen LogP contribution in [0.4, 0.5) is 15.8 Å². The third-order valence-electron chi connectivity index (χ3n) is 5.21. The van der Waals surface area contributed by atoms with Crippen molar-refractivity contribution in [3.8, 4) is 0 Å². The highest BCUT2D eigenvalue weighted by Crippen LogP contribution is 2.23. The molecule has 2 aromatic carbocycles. The Kier molecular flexibility index (Phi) is 7.22. The predicted molar refractivity (Wildman–Crippen MR) is 114 cm³/mol. The van der Waals surface area contributed by atoms with Gasteiger partial charge in [-0.1, -0.05) is 12.1 Å². The molecular formula is C23H28FN3O2. The number of hydrogen-bond acceptors (Lipinski definition) is 3. The van der Waals surface area contributed by atoms with Gasteiger partial charge in [0.25, 0.3) is 0 Å². The van der Waals surface area contributed by atoms with E-state index in [1.807, 2.05) is 24.3 Å². The van der Waals surface area contributed by atoms with Crippen molar-refractivity contribution < 1.29 is 14.0 Å². The van der Waals surface area contributed by atoms with Crippen LogP contribution in [0, 0.1) is 5.82 Å². The van der Waals surface area contributed by atoms with Gasteiger partial charge in [0.1, 0.15) is 12.4 Å². The molecule has 0 atom stereocenters. The number of piperidine rings is 1. The van der Waals surface area contributed by atoms with Crippen LogP contribution < -0.4 is 15.1 Å². The fourth-order valence-electron chi connectivity index (χ4n) is 3.58. The van der Waals surface area contributed by atoms with E-state index in [-0.39, 0.29) is 24.2 Å². The maximum atomic E-state index is 12.9. The number of amides is 2. The topological polar surface area (TPSA) is 52.7 Å². The molecule has 1 N–H and O–H groups in total. The first-order valence-electron chi connectivity index (χ1n) is 10.2. The molecule has 0 unspecified atom stereocenters. The molecule has 1 aliphatic rings. The number of nitrogens with zero attached hydrogens (tertiary/aromatic N) is 2. The second-order valence-electron chi connectivity index (χ2n) is 7.40. The van der Waals surface area contributed by atoms with Gasteiger partial charge in [0.15, 0.2) is 0 Å². The Morgan fingerprint density at radius 1 is 1.00 bits per heavy atom. The van der Waals surface area contributed by atoms with Crippen molar-refractivity contribution >= 4 is 23.2 Å². The van der Waals surface area contributed by atoms with Gasteiger partial charge < -0.3 is 15.1 Å². The number of nitrogens with one attached hydrogen (secondary N) is 1. The van der Waals surface area contributed by atoms with Gasteiger partial charge in [-0.25, -0.2) is 4.39 Å². The smallest absolute Gasteiger partial charge is 0.240 e. The van der Waals surface area contributed by atoms with Crippen molar-refractivity contribution in [2.24, 2.45) is 0 Å². The van der Waals surface area contributed by atoms with Crippen LogP contribution in [0.15, 0.2) is 48.5 Å². The summed E-state index contributed by atoms with van der Waals surface area (Å²) in [5, 5.41) is 2.83. The van der Waals surface area contributed by atoms with E-state index in [0.717, 1.165) is 24.3 Å². The van der Waals surface area contributed by atoms with Crippen LogP contribution in [0.25, 0.3) is 0 Å². The molecule has 3 rings (SSSR count). The van der Waals surface area contributed by atoms with E-state index in [2.05, 4.69) is 10.2 Å². The Morgan fingerprint density at radius 3 is 2.28 bits per heavy atom. The zero-order valence-electron chi connectivity index (χ0n) is 16.9. The van der Waals surface area contributed by atoms with Crippen molar-refractivity contribution in [3.63, 3.8) is 0 Å². The fraction of sp³-hybridized carbons (Fsp3) is 0.391. The van der Waals surface area contributed by atoms with E-state index in [1.54, 1.807) is 12.1 Å². The zero-order chi connectivity index (χ0) is 20.6. The fourth-order valence-corrected chi connectivity index (χ4v) is 3.58. The molecule has 0 aromatic heterocycles. The van der Waals surface area contributed by atoms with E-state index in [4.69, 9.17) is 0 Å². The summed E-state index contributed by atoms with van der Waals surface area (Å²) in [6.07, 6.45) is 4.30. The number of rotatable bonds is 7. The Hall–Kier alpha value is -2.89. The highest BCUT2D eigenvalue weighted by Gasteiger charge is 2.17. The van der Waals surface area contributed by atoms with Gasteiger partial charge >= 0.3 is 0 Å². The summed E-state index contributed by atoms with van der Waals surface area (Å²) in [5.41, 5.74) is 2.82. The maximum Gasteiger partial charge on any atom is 0.240 e. The predicted octanol–water partition coefficient (Wildman–Crippen LogP) is 3.53. The molecule has 1 aliphatic heterocycles. The van der Waals surface area contributed by atoms with Crippen LogP contribution in [0.1, 0.15) is 31.7 Å². The zero-order valence-corrected chi connectivity index (χ0v) is 16.9. The van der Waals surface area contributed by atoms with Crippen molar-refractivity contribution in [1.82, 2.24) is 5.32 Å². The second kappa shape index (κ2) is 10.0. The van der Waals surface area contributed by atoms with Gasteiger partial charge in [0.2, 0.25) is 11.8 Å². The number of hydrogen-bond donors (Lipinski definition) is 1. The van der Waals surface area contributed by atoms with Crippen molar-refractivity contribution in [2.75, 3.05) is 36.0 Å². The summed E-state index contributed by atoms with van der Waals surface area (Å²) in [7, 11) is 0. The lowest BCUT2D eigenvalue weighted by Crippen LogP contribution is -2.40. The molecule has 2 amide bonds. The molecule has 0 radical (unpaired) electrons. The Balaban J connectivity index is 1.54. The van der Waals surface area contributed by atoms with Crippen LogP contribution in [-0.2, 0) is 16.0 Å². The largest absolute Gasteiger partial charge is 0.372 e. The van der Waals surface area contributed by atoms with Gasteiger partial charge in [-0.15, -0.1) is 0 Å². The molecule has 154 valence electrons. The first kappa shape index (κ1) is 20.8. The highest BCUT2D eigenvalue weighted by atomic mass is 19.1. The highest BCUT2D eigenvalue weighted by molar-refractivity contribution is 5.97. The first-order chi connectivity index (χ1) is 14.0. The minimum Gasteiger partial charge on any atom is -0.372 e. The van der Waals surface area contributed by atoms with E-state index in [0.29, 0.717) is 18.7 Å². The number of anilines is 2. The normalized spacial score (nSPS) is 13.8. The van der Waals surface area contributed by atoms with Crippen LogP contribution in [0.3, 0.4) is 0 Å². The average Bonchev–Trinajstić information content (AvgIpc) is 2.74. The van der Waals surface area contributed by atoms with Gasteiger partial charge in [-0.2, -0.15) is 0 Å². The lowest BCUT2D eigenvalue weighted by atomic mass is 10.1. The molecule has 0 bridgehead atoms. The maximum absolute atomic E-state index is 12.9.